The molecule has 0 aliphatic carbocycles. The summed E-state index contributed by atoms with van der Waals surface area (Å²) in [5.74, 6) is 0.628. The van der Waals surface area contributed by atoms with Gasteiger partial charge < -0.3 is 4.74 Å². The number of ether oxygens (including phenoxy) is 1. The van der Waals surface area contributed by atoms with E-state index in [4.69, 9.17) is 9.72 Å². The van der Waals surface area contributed by atoms with Crippen LogP contribution in [0.2, 0.25) is 0 Å². The number of fused-ring (bicyclic) bond motifs is 1. The minimum Gasteiger partial charge on any atom is -0.491 e. The summed E-state index contributed by atoms with van der Waals surface area (Å²) < 4.78 is 6.77. The van der Waals surface area contributed by atoms with Crippen molar-refractivity contribution >= 4 is 32.6 Å². The van der Waals surface area contributed by atoms with Crippen LogP contribution in [0.5, 0.6) is 5.75 Å². The molecule has 2 heterocycles. The minimum absolute atomic E-state index is 0.0804. The molecule has 0 bridgehead atoms. The van der Waals surface area contributed by atoms with E-state index in [-0.39, 0.29) is 12.0 Å². The van der Waals surface area contributed by atoms with Gasteiger partial charge in [-0.2, -0.15) is 0 Å². The normalized spacial score (nSPS) is 11.1. The predicted octanol–water partition coefficient (Wildman–Crippen LogP) is 5.94. The maximum Gasteiger partial charge on any atom is 0.260 e. The number of aryl methyl sites for hydroxylation is 2. The second-order valence-corrected chi connectivity index (χ2v) is 8.81. The first-order valence-electron chi connectivity index (χ1n) is 10.3. The molecule has 2 aromatic heterocycles. The molecule has 4 aromatic rings. The molecule has 0 unspecified atom stereocenters. The van der Waals surface area contributed by atoms with Crippen LogP contribution < -0.4 is 9.64 Å². The van der Waals surface area contributed by atoms with Crippen LogP contribution in [-0.4, -0.2) is 22.0 Å². The summed E-state index contributed by atoms with van der Waals surface area (Å²) >= 11 is 1.52. The summed E-state index contributed by atoms with van der Waals surface area (Å²) in [5.41, 5.74) is 4.70. The lowest BCUT2D eigenvalue weighted by atomic mass is 10.1. The first-order chi connectivity index (χ1) is 14.9. The van der Waals surface area contributed by atoms with Crippen LogP contribution in [0.3, 0.4) is 0 Å². The number of rotatable bonds is 6. The van der Waals surface area contributed by atoms with Crippen LogP contribution in [0, 0.1) is 13.8 Å². The van der Waals surface area contributed by atoms with Crippen LogP contribution in [0.4, 0.5) is 5.13 Å². The number of pyridine rings is 1. The molecular weight excluding hydrogens is 406 g/mol. The Labute approximate surface area is 186 Å². The second-order valence-electron chi connectivity index (χ2n) is 7.80. The Kier molecular flexibility index (Phi) is 6.00. The van der Waals surface area contributed by atoms with Crippen LogP contribution >= 0.6 is 11.3 Å². The molecule has 4 rings (SSSR count). The number of hydrogen-bond donors (Lipinski definition) is 0. The van der Waals surface area contributed by atoms with Gasteiger partial charge in [-0.3, -0.25) is 14.7 Å². The lowest BCUT2D eigenvalue weighted by molar-refractivity contribution is 0.0985. The molecule has 6 heteroatoms. The fourth-order valence-electron chi connectivity index (χ4n) is 3.27. The average Bonchev–Trinajstić information content (AvgIpc) is 3.15. The molecule has 31 heavy (non-hydrogen) atoms. The highest BCUT2D eigenvalue weighted by Crippen LogP contribution is 2.32. The van der Waals surface area contributed by atoms with Gasteiger partial charge >= 0.3 is 0 Å². The lowest BCUT2D eigenvalue weighted by Gasteiger charge is -2.20. The Bertz CT molecular complexity index is 1160. The Balaban J connectivity index is 1.71. The molecule has 158 valence electrons. The highest BCUT2D eigenvalue weighted by atomic mass is 32.1. The number of amides is 1. The van der Waals surface area contributed by atoms with Gasteiger partial charge in [-0.15, -0.1) is 0 Å². The number of thiazole rings is 1. The molecule has 0 radical (unpaired) electrons. The van der Waals surface area contributed by atoms with Crippen molar-refractivity contribution in [3.05, 3.63) is 83.2 Å². The summed E-state index contributed by atoms with van der Waals surface area (Å²) in [7, 11) is 0. The molecule has 1 amide bonds. The highest BCUT2D eigenvalue weighted by molar-refractivity contribution is 7.22. The van der Waals surface area contributed by atoms with E-state index >= 15 is 0 Å². The van der Waals surface area contributed by atoms with Gasteiger partial charge in [0.1, 0.15) is 5.75 Å². The fourth-order valence-corrected chi connectivity index (χ4v) is 4.31. The van der Waals surface area contributed by atoms with Gasteiger partial charge in [0.05, 0.1) is 28.6 Å². The van der Waals surface area contributed by atoms with Crippen molar-refractivity contribution in [2.75, 3.05) is 4.90 Å². The van der Waals surface area contributed by atoms with Crippen molar-refractivity contribution in [1.29, 1.82) is 0 Å². The zero-order valence-electron chi connectivity index (χ0n) is 18.1. The van der Waals surface area contributed by atoms with Crippen LogP contribution in [0.15, 0.2) is 60.8 Å². The quantitative estimate of drug-likeness (QED) is 0.379. The van der Waals surface area contributed by atoms with Crippen LogP contribution in [0.25, 0.3) is 10.2 Å². The molecule has 0 saturated carbocycles. The monoisotopic (exact) mass is 431 g/mol. The molecule has 0 N–H and O–H groups in total. The van der Waals surface area contributed by atoms with Crippen LogP contribution in [0.1, 0.15) is 41.0 Å². The van der Waals surface area contributed by atoms with Crippen molar-refractivity contribution < 1.29 is 9.53 Å². The fraction of sp³-hybridized carbons (Fsp3) is 0.240. The van der Waals surface area contributed by atoms with Gasteiger partial charge in [0, 0.05) is 11.8 Å². The number of carbonyl (C=O) groups is 1. The van der Waals surface area contributed by atoms with Crippen molar-refractivity contribution in [2.45, 2.75) is 40.3 Å². The molecule has 0 aliphatic rings. The maximum atomic E-state index is 13.5. The first kappa shape index (κ1) is 21.0. The molecule has 0 fully saturated rings. The number of carbonyl (C=O) groups excluding carboxylic acids is 1. The Hall–Kier alpha value is -3.25. The molecule has 5 nitrogen and oxygen atoms in total. The minimum atomic E-state index is -0.116. The van der Waals surface area contributed by atoms with Gasteiger partial charge in [0.15, 0.2) is 5.13 Å². The third-order valence-corrected chi connectivity index (χ3v) is 6.03. The van der Waals surface area contributed by atoms with Crippen molar-refractivity contribution in [3.63, 3.8) is 0 Å². The predicted molar refractivity (Wildman–Crippen MR) is 126 cm³/mol. The molecule has 0 atom stereocenters. The van der Waals surface area contributed by atoms with Gasteiger partial charge in [-0.05, 0) is 87.4 Å². The largest absolute Gasteiger partial charge is 0.491 e. The standard InChI is InChI=1S/C25H25N3O2S/c1-16(2)30-21-10-8-19(9-11-21)24(29)28(15-20-7-5-6-12-26-20)25-27-22-13-17(3)18(4)14-23(22)31-25/h5-14,16H,15H2,1-4H3. The molecule has 0 spiro atoms. The van der Waals surface area contributed by atoms with Crippen molar-refractivity contribution in [3.8, 4) is 5.75 Å². The zero-order valence-corrected chi connectivity index (χ0v) is 18.9. The Morgan fingerprint density at radius 1 is 1.06 bits per heavy atom. The van der Waals surface area contributed by atoms with Gasteiger partial charge in [0.2, 0.25) is 0 Å². The van der Waals surface area contributed by atoms with E-state index in [9.17, 15) is 4.79 Å². The molecule has 0 aliphatic heterocycles. The number of hydrogen-bond acceptors (Lipinski definition) is 5. The number of benzene rings is 2. The smallest absolute Gasteiger partial charge is 0.260 e. The van der Waals surface area contributed by atoms with Crippen molar-refractivity contribution in [2.24, 2.45) is 0 Å². The van der Waals surface area contributed by atoms with Crippen LogP contribution in [-0.2, 0) is 6.54 Å². The van der Waals surface area contributed by atoms with E-state index in [0.29, 0.717) is 17.2 Å². The summed E-state index contributed by atoms with van der Waals surface area (Å²) in [6.07, 6.45) is 1.82. The topological polar surface area (TPSA) is 55.3 Å². The number of nitrogens with zero attached hydrogens (tertiary/aromatic N) is 3. The molecule has 0 saturated heterocycles. The van der Waals surface area contributed by atoms with E-state index in [1.807, 2.05) is 44.2 Å². The van der Waals surface area contributed by atoms with E-state index < -0.39 is 0 Å². The van der Waals surface area contributed by atoms with E-state index in [0.717, 1.165) is 21.7 Å². The summed E-state index contributed by atoms with van der Waals surface area (Å²) in [6, 6.07) is 17.2. The van der Waals surface area contributed by atoms with Gasteiger partial charge in [-0.25, -0.2) is 4.98 Å². The summed E-state index contributed by atoms with van der Waals surface area (Å²) in [5, 5.41) is 0.665. The Morgan fingerprint density at radius 2 is 1.81 bits per heavy atom. The van der Waals surface area contributed by atoms with E-state index in [1.54, 1.807) is 23.2 Å². The first-order valence-corrected chi connectivity index (χ1v) is 11.1. The maximum absolute atomic E-state index is 13.5. The third kappa shape index (κ3) is 4.75. The summed E-state index contributed by atoms with van der Waals surface area (Å²) in [4.78, 5) is 24.4. The van der Waals surface area contributed by atoms with Gasteiger partial charge in [0.25, 0.3) is 5.91 Å². The zero-order chi connectivity index (χ0) is 22.0. The second kappa shape index (κ2) is 8.86. The van der Waals surface area contributed by atoms with E-state index in [2.05, 4.69) is 31.0 Å². The highest BCUT2D eigenvalue weighted by Gasteiger charge is 2.22. The number of anilines is 1. The van der Waals surface area contributed by atoms with Gasteiger partial charge in [-0.1, -0.05) is 17.4 Å². The molecular formula is C25H25N3O2S. The lowest BCUT2D eigenvalue weighted by Crippen LogP contribution is -2.30. The van der Waals surface area contributed by atoms with Crippen molar-refractivity contribution in [1.82, 2.24) is 9.97 Å². The SMILES string of the molecule is Cc1cc2nc(N(Cc3ccccn3)C(=O)c3ccc(OC(C)C)cc3)sc2cc1C. The summed E-state index contributed by atoms with van der Waals surface area (Å²) in [6.45, 7) is 8.47. The molecule has 2 aromatic carbocycles. The van der Waals surface area contributed by atoms with E-state index in [1.165, 1.54) is 22.5 Å². The third-order valence-electron chi connectivity index (χ3n) is 4.99. The number of aromatic nitrogens is 2. The Morgan fingerprint density at radius 3 is 2.48 bits per heavy atom. The average molecular weight is 432 g/mol.